The van der Waals surface area contributed by atoms with E-state index in [1.54, 1.807) is 13.0 Å². The predicted molar refractivity (Wildman–Crippen MR) is 67.0 cm³/mol. The fraction of sp³-hybridized carbons (Fsp3) is 0.364. The molecule has 0 atom stereocenters. The summed E-state index contributed by atoms with van der Waals surface area (Å²) in [6.07, 6.45) is 0.199. The second-order valence-electron chi connectivity index (χ2n) is 3.20. The molecular weight excluding hydrogens is 290 g/mol. The molecule has 0 amide bonds. The Bertz CT molecular complexity index is 433. The highest BCUT2D eigenvalue weighted by Crippen LogP contribution is 2.29. The molecule has 0 radical (unpaired) electrons. The summed E-state index contributed by atoms with van der Waals surface area (Å²) in [6, 6.07) is 4.38. The lowest BCUT2D eigenvalue weighted by atomic mass is 10.1. The molecule has 0 aliphatic carbocycles. The molecule has 6 heteroatoms. The van der Waals surface area contributed by atoms with Crippen LogP contribution in [0.15, 0.2) is 18.2 Å². The van der Waals surface area contributed by atoms with Crippen molar-refractivity contribution in [3.63, 3.8) is 0 Å². The molecule has 0 unspecified atom stereocenters. The van der Waals surface area contributed by atoms with Gasteiger partial charge in [-0.05, 0) is 13.0 Å². The smallest absolute Gasteiger partial charge is 0.283 e. The molecule has 0 aliphatic rings. The van der Waals surface area contributed by atoms with E-state index in [0.717, 1.165) is 0 Å². The monoisotopic (exact) mass is 301 g/mol. The van der Waals surface area contributed by atoms with Crippen LogP contribution in [0, 0.1) is 10.1 Å². The Balaban J connectivity index is 3.27. The number of ketones is 1. The number of rotatable bonds is 6. The van der Waals surface area contributed by atoms with Crippen LogP contribution in [-0.4, -0.2) is 22.6 Å². The highest BCUT2D eigenvalue weighted by molar-refractivity contribution is 9.09. The molecule has 1 aromatic carbocycles. The van der Waals surface area contributed by atoms with Gasteiger partial charge in [-0.25, -0.2) is 0 Å². The van der Waals surface area contributed by atoms with Gasteiger partial charge in [0.25, 0.3) is 5.69 Å². The predicted octanol–water partition coefficient (Wildman–Crippen LogP) is 2.96. The number of halogens is 1. The standard InChI is InChI=1S/C11H12BrNO4/c1-2-17-10-5-3-4-8(13(15)16)11(10)9(14)6-7-12/h3-5H,2,6-7H2,1H3. The summed E-state index contributed by atoms with van der Waals surface area (Å²) in [5.74, 6) is -0.0229. The molecule has 17 heavy (non-hydrogen) atoms. The van der Waals surface area contributed by atoms with Gasteiger partial charge >= 0.3 is 0 Å². The molecule has 1 aromatic rings. The van der Waals surface area contributed by atoms with Crippen LogP contribution >= 0.6 is 15.9 Å². The van der Waals surface area contributed by atoms with Gasteiger partial charge in [-0.1, -0.05) is 22.0 Å². The molecule has 0 aliphatic heterocycles. The fourth-order valence-corrected chi connectivity index (χ4v) is 1.80. The Morgan fingerprint density at radius 1 is 1.53 bits per heavy atom. The number of benzene rings is 1. The number of ether oxygens (including phenoxy) is 1. The molecule has 5 nitrogen and oxygen atoms in total. The van der Waals surface area contributed by atoms with Crippen LogP contribution < -0.4 is 4.74 Å². The minimum atomic E-state index is -0.565. The Labute approximate surface area is 107 Å². The van der Waals surface area contributed by atoms with Crippen LogP contribution in [0.4, 0.5) is 5.69 Å². The van der Waals surface area contributed by atoms with E-state index in [2.05, 4.69) is 15.9 Å². The first kappa shape index (κ1) is 13.6. The first-order valence-electron chi connectivity index (χ1n) is 5.11. The largest absolute Gasteiger partial charge is 0.493 e. The molecular formula is C11H12BrNO4. The minimum Gasteiger partial charge on any atom is -0.493 e. The van der Waals surface area contributed by atoms with Crippen molar-refractivity contribution in [2.24, 2.45) is 0 Å². The van der Waals surface area contributed by atoms with Gasteiger partial charge < -0.3 is 4.74 Å². The third-order valence-corrected chi connectivity index (χ3v) is 2.50. The number of hydrogen-bond acceptors (Lipinski definition) is 4. The Morgan fingerprint density at radius 2 is 2.24 bits per heavy atom. The zero-order valence-electron chi connectivity index (χ0n) is 9.31. The van der Waals surface area contributed by atoms with E-state index in [1.165, 1.54) is 12.1 Å². The summed E-state index contributed by atoms with van der Waals surface area (Å²) in [5, 5.41) is 11.3. The maximum Gasteiger partial charge on any atom is 0.283 e. The van der Waals surface area contributed by atoms with Crippen molar-refractivity contribution in [2.75, 3.05) is 11.9 Å². The normalized spacial score (nSPS) is 10.0. The van der Waals surface area contributed by atoms with Crippen molar-refractivity contribution in [3.8, 4) is 5.75 Å². The van der Waals surface area contributed by atoms with Gasteiger partial charge in [-0.3, -0.25) is 14.9 Å². The van der Waals surface area contributed by atoms with Crippen LogP contribution in [-0.2, 0) is 0 Å². The van der Waals surface area contributed by atoms with Crippen molar-refractivity contribution in [2.45, 2.75) is 13.3 Å². The maximum absolute atomic E-state index is 11.9. The minimum absolute atomic E-state index is 0.0544. The van der Waals surface area contributed by atoms with E-state index in [-0.39, 0.29) is 29.2 Å². The van der Waals surface area contributed by atoms with Gasteiger partial charge in [-0.2, -0.15) is 0 Å². The van der Waals surface area contributed by atoms with Gasteiger partial charge in [0.1, 0.15) is 11.3 Å². The lowest BCUT2D eigenvalue weighted by molar-refractivity contribution is -0.385. The average molecular weight is 302 g/mol. The highest BCUT2D eigenvalue weighted by Gasteiger charge is 2.24. The third-order valence-electron chi connectivity index (χ3n) is 2.10. The number of alkyl halides is 1. The van der Waals surface area contributed by atoms with E-state index in [9.17, 15) is 14.9 Å². The quantitative estimate of drug-likeness (QED) is 0.350. The molecule has 92 valence electrons. The number of hydrogen-bond donors (Lipinski definition) is 0. The summed E-state index contributed by atoms with van der Waals surface area (Å²) in [7, 11) is 0. The molecule has 0 spiro atoms. The number of carbonyl (C=O) groups excluding carboxylic acids is 1. The van der Waals surface area contributed by atoms with Crippen LogP contribution in [0.3, 0.4) is 0 Å². The van der Waals surface area contributed by atoms with Gasteiger partial charge in [0.05, 0.1) is 11.5 Å². The Kier molecular flexibility index (Phi) is 5.09. The van der Waals surface area contributed by atoms with Crippen LogP contribution in [0.1, 0.15) is 23.7 Å². The number of nitro benzene ring substituents is 1. The summed E-state index contributed by atoms with van der Waals surface area (Å²) in [6.45, 7) is 2.12. The van der Waals surface area contributed by atoms with E-state index < -0.39 is 4.92 Å². The van der Waals surface area contributed by atoms with Crippen LogP contribution in [0.5, 0.6) is 5.75 Å². The fourth-order valence-electron chi connectivity index (χ4n) is 1.44. The topological polar surface area (TPSA) is 69.4 Å². The second-order valence-corrected chi connectivity index (χ2v) is 4.00. The van der Waals surface area contributed by atoms with E-state index in [1.807, 2.05) is 0 Å². The zero-order valence-corrected chi connectivity index (χ0v) is 10.9. The van der Waals surface area contributed by atoms with Crippen molar-refractivity contribution in [3.05, 3.63) is 33.9 Å². The molecule has 0 N–H and O–H groups in total. The number of nitrogens with zero attached hydrogens (tertiary/aromatic N) is 1. The summed E-state index contributed by atoms with van der Waals surface area (Å²) in [4.78, 5) is 22.2. The summed E-state index contributed by atoms with van der Waals surface area (Å²) >= 11 is 3.14. The first-order valence-corrected chi connectivity index (χ1v) is 6.23. The maximum atomic E-state index is 11.9. The Morgan fingerprint density at radius 3 is 2.76 bits per heavy atom. The molecule has 0 saturated carbocycles. The Hall–Kier alpha value is -1.43. The molecule has 0 bridgehead atoms. The van der Waals surface area contributed by atoms with Crippen molar-refractivity contribution in [1.29, 1.82) is 0 Å². The highest BCUT2D eigenvalue weighted by atomic mass is 79.9. The third kappa shape index (κ3) is 3.26. The molecule has 1 rings (SSSR count). The van der Waals surface area contributed by atoms with Crippen molar-refractivity contribution < 1.29 is 14.5 Å². The van der Waals surface area contributed by atoms with E-state index >= 15 is 0 Å². The van der Waals surface area contributed by atoms with Crippen LogP contribution in [0.2, 0.25) is 0 Å². The van der Waals surface area contributed by atoms with Crippen LogP contribution in [0.25, 0.3) is 0 Å². The van der Waals surface area contributed by atoms with Crippen molar-refractivity contribution in [1.82, 2.24) is 0 Å². The van der Waals surface area contributed by atoms with Crippen molar-refractivity contribution >= 4 is 27.4 Å². The SMILES string of the molecule is CCOc1cccc([N+](=O)[O-])c1C(=O)CCBr. The molecule has 0 aromatic heterocycles. The van der Waals surface area contributed by atoms with Gasteiger partial charge in [0, 0.05) is 17.8 Å². The molecule has 0 saturated heterocycles. The van der Waals surface area contributed by atoms with Gasteiger partial charge in [0.15, 0.2) is 5.78 Å². The molecule has 0 heterocycles. The zero-order chi connectivity index (χ0) is 12.8. The number of nitro groups is 1. The number of carbonyl (C=O) groups is 1. The lowest BCUT2D eigenvalue weighted by Gasteiger charge is -2.08. The van der Waals surface area contributed by atoms with Gasteiger partial charge in [0.2, 0.25) is 0 Å². The first-order chi connectivity index (χ1) is 8.11. The van der Waals surface area contributed by atoms with E-state index in [4.69, 9.17) is 4.74 Å². The summed E-state index contributed by atoms with van der Waals surface area (Å²) in [5.41, 5.74) is -0.152. The van der Waals surface area contributed by atoms with E-state index in [0.29, 0.717) is 11.9 Å². The average Bonchev–Trinajstić information content (AvgIpc) is 2.29. The number of Topliss-reactive ketones (excluding diaryl/α,β-unsaturated/α-hetero) is 1. The lowest BCUT2D eigenvalue weighted by Crippen LogP contribution is -2.08. The van der Waals surface area contributed by atoms with Gasteiger partial charge in [-0.15, -0.1) is 0 Å². The molecule has 0 fully saturated rings. The second kappa shape index (κ2) is 6.34. The summed E-state index contributed by atoms with van der Waals surface area (Å²) < 4.78 is 5.25.